The fourth-order valence-corrected chi connectivity index (χ4v) is 5.05. The Balaban J connectivity index is 0.00000506. The second-order valence-corrected chi connectivity index (χ2v) is 11.4. The molecule has 43 heavy (non-hydrogen) atoms. The minimum Gasteiger partial charge on any atom is -0.496 e. The molecule has 14 heteroatoms. The summed E-state index contributed by atoms with van der Waals surface area (Å²) in [5, 5.41) is 15.7. The van der Waals surface area contributed by atoms with E-state index in [9.17, 15) is 14.4 Å². The molecular weight excluding hydrogens is 595 g/mol. The second kappa shape index (κ2) is 14.7. The number of amides is 3. The Morgan fingerprint density at radius 1 is 1.16 bits per heavy atom. The van der Waals surface area contributed by atoms with Gasteiger partial charge in [0.1, 0.15) is 29.1 Å². The number of methoxy groups -OCH3 is 1. The number of nitrogens with one attached hydrogen (secondary N) is 5. The molecule has 1 fully saturated rings. The quantitative estimate of drug-likeness (QED) is 0.199. The zero-order valence-corrected chi connectivity index (χ0v) is 26.4. The highest BCUT2D eigenvalue weighted by molar-refractivity contribution is 6.29. The van der Waals surface area contributed by atoms with Gasteiger partial charge in [-0.3, -0.25) is 19.7 Å². The van der Waals surface area contributed by atoms with Gasteiger partial charge >= 0.3 is 0 Å². The maximum absolute atomic E-state index is 13.6. The summed E-state index contributed by atoms with van der Waals surface area (Å²) in [5.74, 6) is -0.225. The Bertz CT molecular complexity index is 1450. The van der Waals surface area contributed by atoms with E-state index in [0.717, 1.165) is 17.4 Å². The van der Waals surface area contributed by atoms with Gasteiger partial charge in [0.2, 0.25) is 17.7 Å². The average Bonchev–Trinajstić information content (AvgIpc) is 3.51. The lowest BCUT2D eigenvalue weighted by Gasteiger charge is -2.35. The SMILES string of the molecule is CN[C@@H](C)C(=O)N[C@H](C(=O)NC(=O)[C@@H]1CCCN1)C(C)(C)Cc1cc2c(Nc3ccc(Cl)nc3)ncnc2cc1OC.Cl. The molecule has 2 aromatic heterocycles. The molecule has 0 saturated carbocycles. The number of anilines is 2. The molecule has 0 unspecified atom stereocenters. The number of carbonyl (C=O) groups excluding carboxylic acids is 3. The number of rotatable bonds is 11. The smallest absolute Gasteiger partial charge is 0.249 e. The Morgan fingerprint density at radius 3 is 2.56 bits per heavy atom. The van der Waals surface area contributed by atoms with E-state index in [1.54, 1.807) is 45.5 Å². The number of benzene rings is 1. The number of nitrogens with zero attached hydrogens (tertiary/aromatic N) is 3. The standard InChI is InChI=1S/C29H37ClN8O4.ClH/c1-16(31-4)26(39)37-24(28(41)38-27(40)20-7-6-10-32-20)29(2,3)13-17-11-19-21(12-22(17)42-5)34-15-35-25(19)36-18-8-9-23(30)33-14-18;/h8-9,11-12,14-16,20,24,31-32H,6-7,10,13H2,1-5H3,(H,37,39)(H,34,35,36)(H,38,40,41);1H/t16-,20-,24+;/m0./s1. The number of imide groups is 1. The molecule has 0 radical (unpaired) electrons. The number of ether oxygens (including phenoxy) is 1. The van der Waals surface area contributed by atoms with Crippen LogP contribution in [0.4, 0.5) is 11.5 Å². The number of pyridine rings is 1. The summed E-state index contributed by atoms with van der Waals surface area (Å²) >= 11 is 5.93. The lowest BCUT2D eigenvalue weighted by atomic mass is 9.77. The molecule has 12 nitrogen and oxygen atoms in total. The van der Waals surface area contributed by atoms with Gasteiger partial charge in [-0.25, -0.2) is 15.0 Å². The van der Waals surface area contributed by atoms with Crippen molar-refractivity contribution < 1.29 is 19.1 Å². The number of hydrogen-bond acceptors (Lipinski definition) is 10. The van der Waals surface area contributed by atoms with E-state index in [1.807, 2.05) is 19.9 Å². The van der Waals surface area contributed by atoms with E-state index >= 15 is 0 Å². The second-order valence-electron chi connectivity index (χ2n) is 11.0. The first-order valence-electron chi connectivity index (χ1n) is 13.8. The Morgan fingerprint density at radius 2 is 1.93 bits per heavy atom. The monoisotopic (exact) mass is 632 g/mol. The van der Waals surface area contributed by atoms with Crippen LogP contribution in [0.3, 0.4) is 0 Å². The van der Waals surface area contributed by atoms with E-state index in [-0.39, 0.29) is 18.3 Å². The topological polar surface area (TPSA) is 159 Å². The molecule has 1 aliphatic heterocycles. The first-order chi connectivity index (χ1) is 20.0. The molecule has 5 N–H and O–H groups in total. The van der Waals surface area contributed by atoms with Crippen molar-refractivity contribution in [3.05, 3.63) is 47.5 Å². The predicted octanol–water partition coefficient (Wildman–Crippen LogP) is 2.91. The molecule has 1 aliphatic rings. The molecule has 0 bridgehead atoms. The zero-order valence-electron chi connectivity index (χ0n) is 24.8. The summed E-state index contributed by atoms with van der Waals surface area (Å²) < 4.78 is 5.71. The summed E-state index contributed by atoms with van der Waals surface area (Å²) in [6.07, 6.45) is 4.87. The van der Waals surface area contributed by atoms with Crippen molar-refractivity contribution in [1.29, 1.82) is 0 Å². The maximum Gasteiger partial charge on any atom is 0.249 e. The molecule has 3 amide bonds. The average molecular weight is 634 g/mol. The molecular formula is C29H38Cl2N8O4. The van der Waals surface area contributed by atoms with E-state index in [2.05, 4.69) is 41.5 Å². The Kier molecular flexibility index (Phi) is 11.6. The van der Waals surface area contributed by atoms with Crippen LogP contribution in [0.5, 0.6) is 5.75 Å². The number of fused-ring (bicyclic) bond motifs is 1. The van der Waals surface area contributed by atoms with Crippen molar-refractivity contribution in [1.82, 2.24) is 36.2 Å². The highest BCUT2D eigenvalue weighted by atomic mass is 35.5. The largest absolute Gasteiger partial charge is 0.496 e. The van der Waals surface area contributed by atoms with Gasteiger partial charge in [-0.15, -0.1) is 12.4 Å². The molecule has 3 heterocycles. The first kappa shape index (κ1) is 33.9. The molecule has 0 aliphatic carbocycles. The molecule has 232 valence electrons. The predicted molar refractivity (Wildman–Crippen MR) is 168 cm³/mol. The van der Waals surface area contributed by atoms with Gasteiger partial charge in [-0.1, -0.05) is 25.4 Å². The molecule has 3 atom stereocenters. The van der Waals surface area contributed by atoms with Crippen LogP contribution in [0.25, 0.3) is 10.9 Å². The minimum absolute atomic E-state index is 0. The van der Waals surface area contributed by atoms with Crippen LogP contribution >= 0.6 is 24.0 Å². The van der Waals surface area contributed by atoms with Crippen molar-refractivity contribution in [3.63, 3.8) is 0 Å². The molecule has 1 aromatic carbocycles. The summed E-state index contributed by atoms with van der Waals surface area (Å²) in [6.45, 7) is 6.14. The number of hydrogen-bond donors (Lipinski definition) is 5. The third-order valence-electron chi connectivity index (χ3n) is 7.45. The van der Waals surface area contributed by atoms with Gasteiger partial charge < -0.3 is 26.0 Å². The van der Waals surface area contributed by atoms with Gasteiger partial charge in [0.25, 0.3) is 0 Å². The van der Waals surface area contributed by atoms with Crippen LogP contribution in [0.1, 0.15) is 39.2 Å². The normalized spacial score (nSPS) is 16.1. The van der Waals surface area contributed by atoms with Crippen LogP contribution in [0.2, 0.25) is 5.15 Å². The van der Waals surface area contributed by atoms with Crippen molar-refractivity contribution >= 4 is 64.1 Å². The van der Waals surface area contributed by atoms with Gasteiger partial charge in [0, 0.05) is 11.5 Å². The van der Waals surface area contributed by atoms with Gasteiger partial charge in [-0.05, 0) is 69.0 Å². The number of likely N-dealkylation sites (N-methyl/N-ethyl adjacent to an activating group) is 1. The lowest BCUT2D eigenvalue weighted by molar-refractivity contribution is -0.137. The van der Waals surface area contributed by atoms with Crippen LogP contribution in [0, 0.1) is 5.41 Å². The highest BCUT2D eigenvalue weighted by Gasteiger charge is 2.39. The van der Waals surface area contributed by atoms with Crippen molar-refractivity contribution in [3.8, 4) is 5.75 Å². The van der Waals surface area contributed by atoms with Crippen LogP contribution in [-0.4, -0.2) is 71.5 Å². The van der Waals surface area contributed by atoms with Crippen LogP contribution in [0.15, 0.2) is 36.8 Å². The highest BCUT2D eigenvalue weighted by Crippen LogP contribution is 2.35. The number of carbonyl (C=O) groups is 3. The van der Waals surface area contributed by atoms with E-state index in [0.29, 0.717) is 47.3 Å². The van der Waals surface area contributed by atoms with Crippen molar-refractivity contribution in [2.75, 3.05) is 26.0 Å². The third-order valence-corrected chi connectivity index (χ3v) is 7.68. The van der Waals surface area contributed by atoms with Crippen LogP contribution < -0.4 is 31.3 Å². The molecule has 4 rings (SSSR count). The Labute approximate surface area is 261 Å². The molecule has 3 aromatic rings. The fourth-order valence-electron chi connectivity index (χ4n) is 4.94. The number of aromatic nitrogens is 3. The van der Waals surface area contributed by atoms with E-state index < -0.39 is 35.4 Å². The summed E-state index contributed by atoms with van der Waals surface area (Å²) in [5.41, 5.74) is 1.24. The molecule has 0 spiro atoms. The number of halogens is 2. The Hall–Kier alpha value is -3.58. The minimum atomic E-state index is -1.03. The first-order valence-corrected chi connectivity index (χ1v) is 14.2. The van der Waals surface area contributed by atoms with Crippen molar-refractivity contribution in [2.45, 2.75) is 58.2 Å². The van der Waals surface area contributed by atoms with Gasteiger partial charge in [-0.2, -0.15) is 0 Å². The lowest BCUT2D eigenvalue weighted by Crippen LogP contribution is -2.59. The maximum atomic E-state index is 13.6. The fraction of sp³-hybridized carbons (Fsp3) is 0.448. The van der Waals surface area contributed by atoms with Gasteiger partial charge in [0.15, 0.2) is 0 Å². The zero-order chi connectivity index (χ0) is 30.4. The van der Waals surface area contributed by atoms with Crippen LogP contribution in [-0.2, 0) is 20.8 Å². The summed E-state index contributed by atoms with van der Waals surface area (Å²) in [6, 6.07) is 5.15. The van der Waals surface area contributed by atoms with E-state index in [1.165, 1.54) is 6.33 Å². The summed E-state index contributed by atoms with van der Waals surface area (Å²) in [7, 11) is 3.22. The molecule has 1 saturated heterocycles. The third kappa shape index (κ3) is 8.29. The summed E-state index contributed by atoms with van der Waals surface area (Å²) in [4.78, 5) is 52.3. The van der Waals surface area contributed by atoms with Crippen molar-refractivity contribution in [2.24, 2.45) is 5.41 Å². The van der Waals surface area contributed by atoms with Gasteiger partial charge in [0.05, 0.1) is 36.6 Å². The van der Waals surface area contributed by atoms with E-state index in [4.69, 9.17) is 16.3 Å².